The number of nitrogens with one attached hydrogen (secondary N) is 2. The minimum absolute atomic E-state index is 0.0260. The van der Waals surface area contributed by atoms with Crippen molar-refractivity contribution in [1.29, 1.82) is 0 Å². The molecule has 3 aromatic rings. The third-order valence-electron chi connectivity index (χ3n) is 5.94. The Labute approximate surface area is 194 Å². The monoisotopic (exact) mass is 468 g/mol. The molecule has 0 aliphatic heterocycles. The Morgan fingerprint density at radius 1 is 1.15 bits per heavy atom. The molecule has 0 radical (unpaired) electrons. The maximum Gasteiger partial charge on any atom is 0.251 e. The molecule has 1 aliphatic carbocycles. The Hall–Kier alpha value is -3.17. The minimum Gasteiger partial charge on any atom is -0.495 e. The van der Waals surface area contributed by atoms with Gasteiger partial charge in [-0.25, -0.2) is 18.1 Å². The quantitative estimate of drug-likeness (QED) is 0.526. The summed E-state index contributed by atoms with van der Waals surface area (Å²) in [5.41, 5.74) is 2.15. The number of carbonyl (C=O) groups excluding carboxylic acids is 1. The van der Waals surface area contributed by atoms with Gasteiger partial charge in [0.15, 0.2) is 0 Å². The van der Waals surface area contributed by atoms with Crippen LogP contribution in [0.5, 0.6) is 5.75 Å². The fraction of sp³-hybridized carbons (Fsp3) is 0.333. The number of carbonyl (C=O) groups is 1. The topological polar surface area (TPSA) is 102 Å². The van der Waals surface area contributed by atoms with E-state index in [9.17, 15) is 13.2 Å². The van der Waals surface area contributed by atoms with Crippen LogP contribution in [0.2, 0.25) is 0 Å². The van der Waals surface area contributed by atoms with Crippen LogP contribution in [0.4, 0.5) is 0 Å². The van der Waals surface area contributed by atoms with E-state index >= 15 is 0 Å². The van der Waals surface area contributed by atoms with Crippen molar-refractivity contribution in [3.05, 3.63) is 72.3 Å². The van der Waals surface area contributed by atoms with Gasteiger partial charge in [0.2, 0.25) is 10.0 Å². The van der Waals surface area contributed by atoms with E-state index in [1.54, 1.807) is 18.6 Å². The third kappa shape index (κ3) is 5.26. The molecule has 8 nitrogen and oxygen atoms in total. The summed E-state index contributed by atoms with van der Waals surface area (Å²) in [6.45, 7) is 1.88. The summed E-state index contributed by atoms with van der Waals surface area (Å²) in [6, 6.07) is 11.9. The second-order valence-electron chi connectivity index (χ2n) is 8.22. The van der Waals surface area contributed by atoms with Crippen LogP contribution >= 0.6 is 0 Å². The summed E-state index contributed by atoms with van der Waals surface area (Å²) in [5, 5.41) is 2.94. The number of amides is 1. The van der Waals surface area contributed by atoms with Crippen LogP contribution in [0.3, 0.4) is 0 Å². The molecular weight excluding hydrogens is 440 g/mol. The van der Waals surface area contributed by atoms with Crippen molar-refractivity contribution in [1.82, 2.24) is 19.6 Å². The zero-order chi connectivity index (χ0) is 23.4. The molecule has 0 saturated heterocycles. The molecule has 2 aromatic carbocycles. The van der Waals surface area contributed by atoms with Gasteiger partial charge in [0.25, 0.3) is 5.91 Å². The molecule has 1 atom stereocenters. The fourth-order valence-electron chi connectivity index (χ4n) is 4.06. The zero-order valence-electron chi connectivity index (χ0n) is 18.7. The van der Waals surface area contributed by atoms with Crippen molar-refractivity contribution < 1.29 is 17.9 Å². The second-order valence-corrected chi connectivity index (χ2v) is 9.91. The summed E-state index contributed by atoms with van der Waals surface area (Å²) in [6.07, 6.45) is 8.94. The largest absolute Gasteiger partial charge is 0.495 e. The summed E-state index contributed by atoms with van der Waals surface area (Å²) in [5.74, 6) is -0.152. The Balaban J connectivity index is 1.50. The lowest BCUT2D eigenvalue weighted by Crippen LogP contribution is -2.33. The molecule has 0 spiro atoms. The SMILES string of the molecule is COc1ccc(C(=O)N[C@H](C)c2ccc(-n3ccnc3)cc2)cc1S(=O)(=O)NC1CCCC1. The first-order valence-electron chi connectivity index (χ1n) is 11.0. The number of imidazole rings is 1. The molecule has 174 valence electrons. The molecule has 1 heterocycles. The maximum atomic E-state index is 13.0. The van der Waals surface area contributed by atoms with Crippen molar-refractivity contribution in [2.45, 2.75) is 49.6 Å². The smallest absolute Gasteiger partial charge is 0.251 e. The molecule has 1 aliphatic rings. The number of ether oxygens (including phenoxy) is 1. The first-order chi connectivity index (χ1) is 15.9. The lowest BCUT2D eigenvalue weighted by atomic mass is 10.1. The molecule has 1 saturated carbocycles. The number of methoxy groups -OCH3 is 1. The lowest BCUT2D eigenvalue weighted by molar-refractivity contribution is 0.0939. The molecule has 4 rings (SSSR count). The Kier molecular flexibility index (Phi) is 6.80. The van der Waals surface area contributed by atoms with Crippen molar-refractivity contribution in [2.75, 3.05) is 7.11 Å². The van der Waals surface area contributed by atoms with Gasteiger partial charge in [-0.15, -0.1) is 0 Å². The van der Waals surface area contributed by atoms with E-state index < -0.39 is 10.0 Å². The van der Waals surface area contributed by atoms with Gasteiger partial charge in [0.05, 0.1) is 19.5 Å². The Morgan fingerprint density at radius 2 is 1.88 bits per heavy atom. The lowest BCUT2D eigenvalue weighted by Gasteiger charge is -2.17. The van der Waals surface area contributed by atoms with Gasteiger partial charge in [-0.2, -0.15) is 0 Å². The highest BCUT2D eigenvalue weighted by molar-refractivity contribution is 7.89. The number of sulfonamides is 1. The van der Waals surface area contributed by atoms with Crippen LogP contribution in [0.25, 0.3) is 5.69 Å². The average molecular weight is 469 g/mol. The predicted molar refractivity (Wildman–Crippen MR) is 125 cm³/mol. The van der Waals surface area contributed by atoms with Crippen molar-refractivity contribution in [2.24, 2.45) is 0 Å². The number of hydrogen-bond acceptors (Lipinski definition) is 5. The highest BCUT2D eigenvalue weighted by atomic mass is 32.2. The average Bonchev–Trinajstić information content (AvgIpc) is 3.53. The highest BCUT2D eigenvalue weighted by Crippen LogP contribution is 2.27. The van der Waals surface area contributed by atoms with Crippen LogP contribution in [0.1, 0.15) is 54.6 Å². The van der Waals surface area contributed by atoms with Crippen LogP contribution < -0.4 is 14.8 Å². The Morgan fingerprint density at radius 3 is 2.52 bits per heavy atom. The molecule has 1 fully saturated rings. The highest BCUT2D eigenvalue weighted by Gasteiger charge is 2.27. The van der Waals surface area contributed by atoms with E-state index in [1.807, 2.05) is 42.0 Å². The van der Waals surface area contributed by atoms with Crippen LogP contribution in [-0.4, -0.2) is 37.0 Å². The van der Waals surface area contributed by atoms with E-state index in [0.717, 1.165) is 36.9 Å². The molecule has 33 heavy (non-hydrogen) atoms. The number of rotatable bonds is 8. The Bertz CT molecular complexity index is 1200. The van der Waals surface area contributed by atoms with Crippen molar-refractivity contribution in [3.8, 4) is 11.4 Å². The number of nitrogens with zero attached hydrogens (tertiary/aromatic N) is 2. The molecular formula is C24H28N4O4S. The van der Waals surface area contributed by atoms with Crippen LogP contribution in [0, 0.1) is 0 Å². The molecule has 1 amide bonds. The first kappa shape index (κ1) is 23.0. The summed E-state index contributed by atoms with van der Waals surface area (Å²) in [7, 11) is -2.40. The van der Waals surface area contributed by atoms with E-state index in [2.05, 4.69) is 15.0 Å². The third-order valence-corrected chi connectivity index (χ3v) is 7.48. The van der Waals surface area contributed by atoms with Crippen LogP contribution in [-0.2, 0) is 10.0 Å². The van der Waals surface area contributed by atoms with Gasteiger partial charge in [0.1, 0.15) is 10.6 Å². The van der Waals surface area contributed by atoms with E-state index in [4.69, 9.17) is 4.74 Å². The van der Waals surface area contributed by atoms with Crippen molar-refractivity contribution >= 4 is 15.9 Å². The van der Waals surface area contributed by atoms with Gasteiger partial charge in [-0.3, -0.25) is 4.79 Å². The van der Waals surface area contributed by atoms with Gasteiger partial charge >= 0.3 is 0 Å². The zero-order valence-corrected chi connectivity index (χ0v) is 19.5. The fourth-order valence-corrected chi connectivity index (χ4v) is 5.56. The maximum absolute atomic E-state index is 13.0. The normalized spacial score (nSPS) is 15.3. The van der Waals surface area contributed by atoms with Gasteiger partial charge in [-0.05, 0) is 55.7 Å². The second kappa shape index (κ2) is 9.76. The van der Waals surface area contributed by atoms with Gasteiger partial charge in [0, 0.05) is 29.7 Å². The summed E-state index contributed by atoms with van der Waals surface area (Å²) < 4.78 is 35.9. The minimum atomic E-state index is -3.81. The summed E-state index contributed by atoms with van der Waals surface area (Å²) >= 11 is 0. The van der Waals surface area contributed by atoms with E-state index in [0.29, 0.717) is 0 Å². The standard InChI is InChI=1S/C24H28N4O4S/c1-17(18-7-10-21(11-8-18)28-14-13-25-16-28)26-24(29)19-9-12-22(32-2)23(15-19)33(30,31)27-20-5-3-4-6-20/h7-17,20,27H,3-6H2,1-2H3,(H,26,29)/t17-/m1/s1. The van der Waals surface area contributed by atoms with Crippen LogP contribution in [0.15, 0.2) is 66.1 Å². The number of aromatic nitrogens is 2. The predicted octanol–water partition coefficient (Wildman–Crippen LogP) is 3.59. The molecule has 0 bridgehead atoms. The van der Waals surface area contributed by atoms with Gasteiger partial charge in [-0.1, -0.05) is 25.0 Å². The number of benzene rings is 2. The molecule has 2 N–H and O–H groups in total. The van der Waals surface area contributed by atoms with Gasteiger partial charge < -0.3 is 14.6 Å². The summed E-state index contributed by atoms with van der Waals surface area (Å²) in [4.78, 5) is 16.9. The molecule has 9 heteroatoms. The molecule has 1 aromatic heterocycles. The van der Waals surface area contributed by atoms with Crippen molar-refractivity contribution in [3.63, 3.8) is 0 Å². The van der Waals surface area contributed by atoms with E-state index in [-0.39, 0.29) is 34.2 Å². The first-order valence-corrected chi connectivity index (χ1v) is 12.5. The molecule has 0 unspecified atom stereocenters. The van der Waals surface area contributed by atoms with E-state index in [1.165, 1.54) is 19.2 Å². The number of hydrogen-bond donors (Lipinski definition) is 2.